The molecule has 2 rings (SSSR count). The van der Waals surface area contributed by atoms with Gasteiger partial charge in [0.05, 0.1) is 11.8 Å². The van der Waals surface area contributed by atoms with Crippen molar-refractivity contribution < 1.29 is 0 Å². The van der Waals surface area contributed by atoms with E-state index in [4.69, 9.17) is 5.73 Å². The summed E-state index contributed by atoms with van der Waals surface area (Å²) in [6.07, 6.45) is 1.55. The summed E-state index contributed by atoms with van der Waals surface area (Å²) in [5.41, 5.74) is 6.14. The van der Waals surface area contributed by atoms with Crippen LogP contribution in [0.4, 0.5) is 0 Å². The first kappa shape index (κ1) is 8.40. The molecule has 2 aromatic rings. The Morgan fingerprint density at radius 3 is 3.23 bits per heavy atom. The molecule has 2 N–H and O–H groups in total. The lowest BCUT2D eigenvalue weighted by molar-refractivity contribution is 0.674. The predicted molar refractivity (Wildman–Crippen MR) is 52.9 cm³/mol. The summed E-state index contributed by atoms with van der Waals surface area (Å²) in [5, 5.41) is 1.87. The first-order chi connectivity index (χ1) is 6.33. The van der Waals surface area contributed by atoms with Crippen molar-refractivity contribution in [2.45, 2.75) is 6.54 Å². The van der Waals surface area contributed by atoms with Crippen molar-refractivity contribution in [3.63, 3.8) is 0 Å². The lowest BCUT2D eigenvalue weighted by Gasteiger charge is -2.00. The van der Waals surface area contributed by atoms with E-state index in [1.807, 2.05) is 11.4 Å². The number of nitrogens with zero attached hydrogens (tertiary/aromatic N) is 2. The van der Waals surface area contributed by atoms with Crippen molar-refractivity contribution in [1.82, 2.24) is 9.55 Å². The summed E-state index contributed by atoms with van der Waals surface area (Å²) in [7, 11) is 0. The van der Waals surface area contributed by atoms with Gasteiger partial charge in [-0.25, -0.2) is 4.98 Å². The van der Waals surface area contributed by atoms with Crippen molar-refractivity contribution in [2.75, 3.05) is 6.54 Å². The molecule has 0 bridgehead atoms. The fourth-order valence-corrected chi connectivity index (χ4v) is 1.97. The molecule has 0 fully saturated rings. The zero-order valence-electron chi connectivity index (χ0n) is 6.93. The van der Waals surface area contributed by atoms with E-state index in [2.05, 4.69) is 4.98 Å². The van der Waals surface area contributed by atoms with Gasteiger partial charge >= 0.3 is 0 Å². The van der Waals surface area contributed by atoms with Gasteiger partial charge in [-0.1, -0.05) is 0 Å². The number of hydrogen-bond acceptors (Lipinski definition) is 4. The van der Waals surface area contributed by atoms with Crippen LogP contribution in [0.1, 0.15) is 0 Å². The largest absolute Gasteiger partial charge is 0.329 e. The molecule has 0 unspecified atom stereocenters. The van der Waals surface area contributed by atoms with Crippen LogP contribution in [0.15, 0.2) is 22.6 Å². The summed E-state index contributed by atoms with van der Waals surface area (Å²) in [6.45, 7) is 0.984. The molecule has 0 saturated heterocycles. The van der Waals surface area contributed by atoms with E-state index in [1.54, 1.807) is 10.9 Å². The van der Waals surface area contributed by atoms with Gasteiger partial charge in [0.15, 0.2) is 0 Å². The fraction of sp³-hybridized carbons (Fsp3) is 0.250. The molecule has 0 aliphatic carbocycles. The molecular formula is C8H9N3OS. The third-order valence-corrected chi connectivity index (χ3v) is 2.70. The molecule has 0 spiro atoms. The third-order valence-electron chi connectivity index (χ3n) is 1.81. The second kappa shape index (κ2) is 3.27. The molecule has 0 atom stereocenters. The molecule has 5 heteroatoms. The van der Waals surface area contributed by atoms with Gasteiger partial charge in [0.1, 0.15) is 4.70 Å². The Morgan fingerprint density at radius 2 is 2.46 bits per heavy atom. The van der Waals surface area contributed by atoms with E-state index < -0.39 is 0 Å². The monoisotopic (exact) mass is 195 g/mol. The number of hydrogen-bond donors (Lipinski definition) is 1. The van der Waals surface area contributed by atoms with E-state index in [-0.39, 0.29) is 5.56 Å². The average Bonchev–Trinajstić information content (AvgIpc) is 2.58. The van der Waals surface area contributed by atoms with E-state index in [0.717, 1.165) is 5.52 Å². The molecule has 68 valence electrons. The van der Waals surface area contributed by atoms with Gasteiger partial charge in [-0.15, -0.1) is 11.3 Å². The first-order valence-corrected chi connectivity index (χ1v) is 4.83. The molecule has 2 heterocycles. The van der Waals surface area contributed by atoms with E-state index in [0.29, 0.717) is 17.8 Å². The van der Waals surface area contributed by atoms with Crippen LogP contribution in [0.5, 0.6) is 0 Å². The van der Waals surface area contributed by atoms with Crippen LogP contribution in [0.2, 0.25) is 0 Å². The predicted octanol–water partition coefficient (Wildman–Crippen LogP) is 0.417. The maximum absolute atomic E-state index is 11.7. The Labute approximate surface area is 78.6 Å². The van der Waals surface area contributed by atoms with Crippen molar-refractivity contribution in [1.29, 1.82) is 0 Å². The average molecular weight is 195 g/mol. The fourth-order valence-electron chi connectivity index (χ4n) is 1.18. The van der Waals surface area contributed by atoms with Gasteiger partial charge in [0, 0.05) is 13.1 Å². The number of aromatic nitrogens is 2. The smallest absolute Gasteiger partial charge is 0.271 e. The maximum atomic E-state index is 11.7. The normalized spacial score (nSPS) is 10.8. The van der Waals surface area contributed by atoms with Crippen molar-refractivity contribution >= 4 is 21.6 Å². The van der Waals surface area contributed by atoms with E-state index in [1.165, 1.54) is 11.3 Å². The van der Waals surface area contributed by atoms with Crippen molar-refractivity contribution in [2.24, 2.45) is 5.73 Å². The molecule has 0 aromatic carbocycles. The standard InChI is InChI=1S/C8H9N3OS/c9-2-3-11-5-10-6-1-4-13-7(6)8(11)12/h1,4-5H,2-3,9H2. The highest BCUT2D eigenvalue weighted by molar-refractivity contribution is 7.17. The highest BCUT2D eigenvalue weighted by atomic mass is 32.1. The summed E-state index contributed by atoms with van der Waals surface area (Å²) >= 11 is 1.42. The minimum atomic E-state index is 0.00505. The SMILES string of the molecule is NCCn1cnc2ccsc2c1=O. The van der Waals surface area contributed by atoms with Gasteiger partial charge < -0.3 is 5.73 Å². The van der Waals surface area contributed by atoms with Gasteiger partial charge in [0.25, 0.3) is 5.56 Å². The summed E-state index contributed by atoms with van der Waals surface area (Å²) < 4.78 is 2.25. The summed E-state index contributed by atoms with van der Waals surface area (Å²) in [6, 6.07) is 1.84. The van der Waals surface area contributed by atoms with E-state index in [9.17, 15) is 4.79 Å². The topological polar surface area (TPSA) is 60.9 Å². The molecule has 2 aromatic heterocycles. The Bertz CT molecular complexity index is 473. The van der Waals surface area contributed by atoms with Crippen LogP contribution in [-0.2, 0) is 6.54 Å². The lowest BCUT2D eigenvalue weighted by atomic mass is 10.4. The molecule has 0 amide bonds. The number of nitrogens with two attached hydrogens (primary N) is 1. The Morgan fingerprint density at radius 1 is 1.62 bits per heavy atom. The quantitative estimate of drug-likeness (QED) is 0.755. The molecule has 0 saturated carbocycles. The van der Waals surface area contributed by atoms with Crippen molar-refractivity contribution in [3.05, 3.63) is 28.1 Å². The van der Waals surface area contributed by atoms with Crippen LogP contribution >= 0.6 is 11.3 Å². The maximum Gasteiger partial charge on any atom is 0.271 e. The molecule has 0 aliphatic heterocycles. The Kier molecular flexibility index (Phi) is 2.12. The zero-order chi connectivity index (χ0) is 9.26. The second-order valence-corrected chi connectivity index (χ2v) is 3.58. The molecule has 13 heavy (non-hydrogen) atoms. The second-order valence-electron chi connectivity index (χ2n) is 2.67. The van der Waals surface area contributed by atoms with Crippen LogP contribution in [0.3, 0.4) is 0 Å². The summed E-state index contributed by atoms with van der Waals surface area (Å²) in [4.78, 5) is 15.8. The number of fused-ring (bicyclic) bond motifs is 1. The van der Waals surface area contributed by atoms with E-state index >= 15 is 0 Å². The Hall–Kier alpha value is -1.20. The molecule has 0 aliphatic rings. The zero-order valence-corrected chi connectivity index (χ0v) is 7.75. The van der Waals surface area contributed by atoms with Crippen LogP contribution in [-0.4, -0.2) is 16.1 Å². The molecular weight excluding hydrogens is 186 g/mol. The summed E-state index contributed by atoms with van der Waals surface area (Å²) in [5.74, 6) is 0. The Balaban J connectivity index is 2.67. The highest BCUT2D eigenvalue weighted by Crippen LogP contribution is 2.12. The van der Waals surface area contributed by atoms with Crippen molar-refractivity contribution in [3.8, 4) is 0 Å². The number of rotatable bonds is 2. The van der Waals surface area contributed by atoms with Crippen LogP contribution < -0.4 is 11.3 Å². The first-order valence-electron chi connectivity index (χ1n) is 3.95. The minimum absolute atomic E-state index is 0.00505. The minimum Gasteiger partial charge on any atom is -0.329 e. The van der Waals surface area contributed by atoms with Crippen LogP contribution in [0.25, 0.3) is 10.2 Å². The lowest BCUT2D eigenvalue weighted by Crippen LogP contribution is -2.23. The number of thiophene rings is 1. The highest BCUT2D eigenvalue weighted by Gasteiger charge is 2.03. The molecule has 0 radical (unpaired) electrons. The van der Waals surface area contributed by atoms with Gasteiger partial charge in [-0.3, -0.25) is 9.36 Å². The third kappa shape index (κ3) is 1.36. The van der Waals surface area contributed by atoms with Gasteiger partial charge in [0.2, 0.25) is 0 Å². The van der Waals surface area contributed by atoms with Gasteiger partial charge in [-0.2, -0.15) is 0 Å². The molecule has 4 nitrogen and oxygen atoms in total. The van der Waals surface area contributed by atoms with Gasteiger partial charge in [-0.05, 0) is 11.4 Å². The van der Waals surface area contributed by atoms with Crippen LogP contribution in [0, 0.1) is 0 Å².